The summed E-state index contributed by atoms with van der Waals surface area (Å²) in [7, 11) is 0. The zero-order valence-corrected chi connectivity index (χ0v) is 12.3. The van der Waals surface area contributed by atoms with Gasteiger partial charge in [0.05, 0.1) is 11.6 Å². The minimum absolute atomic E-state index is 0.285. The Hall–Kier alpha value is -2.81. The lowest BCUT2D eigenvalue weighted by molar-refractivity contribution is 0.0200. The molecule has 0 saturated heterocycles. The van der Waals surface area contributed by atoms with E-state index in [2.05, 4.69) is 16.3 Å². The number of ether oxygens (including phenoxy) is 2. The van der Waals surface area contributed by atoms with Crippen molar-refractivity contribution in [2.24, 2.45) is 0 Å². The average Bonchev–Trinajstić information content (AvgIpc) is 2.48. The number of hydrogen-bond donors (Lipinski definition) is 1. The van der Waals surface area contributed by atoms with Gasteiger partial charge in [0.15, 0.2) is 0 Å². The number of aromatic nitrogens is 2. The molecule has 2 aromatic rings. The van der Waals surface area contributed by atoms with Crippen LogP contribution in [0.3, 0.4) is 0 Å². The Bertz CT molecular complexity index is 785. The largest absolute Gasteiger partial charge is 0.487 e. The summed E-state index contributed by atoms with van der Waals surface area (Å²) in [6, 6.07) is 10.3. The molecule has 0 saturated carbocycles. The topological polar surface area (TPSA) is 88.0 Å². The molecule has 1 aromatic heterocycles. The molecule has 0 bridgehead atoms. The summed E-state index contributed by atoms with van der Waals surface area (Å²) in [5, 5.41) is 15.3. The third-order valence-corrected chi connectivity index (χ3v) is 3.47. The van der Waals surface area contributed by atoms with Gasteiger partial charge in [-0.05, 0) is 32.0 Å². The molecule has 0 amide bonds. The van der Waals surface area contributed by atoms with E-state index in [1.165, 1.54) is 12.1 Å². The molecule has 2 heterocycles. The van der Waals surface area contributed by atoms with Crippen LogP contribution in [0, 0.1) is 11.3 Å². The second-order valence-corrected chi connectivity index (χ2v) is 5.80. The molecule has 1 N–H and O–H groups in total. The molecule has 3 rings (SSSR count). The lowest BCUT2D eigenvalue weighted by Crippen LogP contribution is -2.36. The second-order valence-electron chi connectivity index (χ2n) is 5.80. The van der Waals surface area contributed by atoms with Crippen molar-refractivity contribution in [1.29, 1.82) is 5.26 Å². The van der Waals surface area contributed by atoms with E-state index in [4.69, 9.17) is 14.7 Å². The summed E-state index contributed by atoms with van der Waals surface area (Å²) in [4.78, 5) is 11.1. The minimum Gasteiger partial charge on any atom is -0.487 e. The predicted octanol–water partition coefficient (Wildman–Crippen LogP) is 2.32. The molecule has 0 fully saturated rings. The van der Waals surface area contributed by atoms with Crippen LogP contribution in [0.4, 0.5) is 0 Å². The van der Waals surface area contributed by atoms with Gasteiger partial charge in [0, 0.05) is 24.1 Å². The quantitative estimate of drug-likeness (QED) is 0.919. The molecule has 1 aliphatic heterocycles. The fourth-order valence-corrected chi connectivity index (χ4v) is 2.51. The summed E-state index contributed by atoms with van der Waals surface area (Å²) in [5.74, 6) is 1.03. The van der Waals surface area contributed by atoms with Gasteiger partial charge in [-0.1, -0.05) is 0 Å². The molecule has 6 nitrogen and oxygen atoms in total. The first-order valence-electron chi connectivity index (χ1n) is 6.92. The van der Waals surface area contributed by atoms with Crippen LogP contribution in [-0.4, -0.2) is 15.8 Å². The van der Waals surface area contributed by atoms with Crippen LogP contribution >= 0.6 is 0 Å². The molecule has 0 spiro atoms. The highest BCUT2D eigenvalue weighted by molar-refractivity contribution is 5.45. The number of H-pyrrole nitrogens is 1. The monoisotopic (exact) mass is 297 g/mol. The molecule has 0 radical (unpaired) electrons. The van der Waals surface area contributed by atoms with Crippen molar-refractivity contribution in [1.82, 2.24) is 10.2 Å². The zero-order valence-electron chi connectivity index (χ0n) is 12.3. The summed E-state index contributed by atoms with van der Waals surface area (Å²) < 4.78 is 11.8. The van der Waals surface area contributed by atoms with Crippen LogP contribution in [0.25, 0.3) is 0 Å². The van der Waals surface area contributed by atoms with Gasteiger partial charge in [-0.15, -0.1) is 5.10 Å². The Morgan fingerprint density at radius 1 is 1.41 bits per heavy atom. The predicted molar refractivity (Wildman–Crippen MR) is 78.7 cm³/mol. The van der Waals surface area contributed by atoms with Gasteiger partial charge in [-0.25, -0.2) is 5.10 Å². The van der Waals surface area contributed by atoms with Gasteiger partial charge in [-0.3, -0.25) is 4.79 Å². The Morgan fingerprint density at radius 2 is 2.23 bits per heavy atom. The molecule has 112 valence electrons. The standard InChI is InChI=1S/C16H15N3O3/c1-16(2)8-13(21-15-6-5-14(20)18-19-15)11-7-10(9-17)3-4-12(11)22-16/h3-7,13H,8H2,1-2H3,(H,18,20). The number of aromatic amines is 1. The van der Waals surface area contributed by atoms with Crippen molar-refractivity contribution in [2.45, 2.75) is 32.0 Å². The van der Waals surface area contributed by atoms with E-state index in [0.29, 0.717) is 23.6 Å². The summed E-state index contributed by atoms with van der Waals surface area (Å²) in [5.41, 5.74) is 0.678. The summed E-state index contributed by atoms with van der Waals surface area (Å²) in [6.45, 7) is 3.95. The molecule has 0 aliphatic carbocycles. The third-order valence-electron chi connectivity index (χ3n) is 3.47. The first-order chi connectivity index (χ1) is 10.5. The summed E-state index contributed by atoms with van der Waals surface area (Å²) in [6.07, 6.45) is 0.306. The van der Waals surface area contributed by atoms with E-state index in [9.17, 15) is 4.79 Å². The molecular weight excluding hydrogens is 282 g/mol. The highest BCUT2D eigenvalue weighted by Gasteiger charge is 2.35. The lowest BCUT2D eigenvalue weighted by atomic mass is 9.91. The van der Waals surface area contributed by atoms with Gasteiger partial charge in [0.2, 0.25) is 5.88 Å². The van der Waals surface area contributed by atoms with Crippen LogP contribution in [0.15, 0.2) is 35.1 Å². The zero-order chi connectivity index (χ0) is 15.7. The van der Waals surface area contributed by atoms with E-state index in [1.54, 1.807) is 18.2 Å². The lowest BCUT2D eigenvalue weighted by Gasteiger charge is -2.37. The number of rotatable bonds is 2. The Balaban J connectivity index is 1.98. The SMILES string of the molecule is CC1(C)CC(Oc2ccc(=O)[nH]n2)c2cc(C#N)ccc2O1. The maximum atomic E-state index is 11.1. The Labute approximate surface area is 127 Å². The number of benzene rings is 1. The first kappa shape index (κ1) is 14.1. The Morgan fingerprint density at radius 3 is 2.91 bits per heavy atom. The number of nitrogens with one attached hydrogen (secondary N) is 1. The highest BCUT2D eigenvalue weighted by Crippen LogP contribution is 2.41. The molecule has 22 heavy (non-hydrogen) atoms. The van der Waals surface area contributed by atoms with Crippen molar-refractivity contribution < 1.29 is 9.47 Å². The van der Waals surface area contributed by atoms with Crippen molar-refractivity contribution in [3.63, 3.8) is 0 Å². The maximum absolute atomic E-state index is 11.1. The molecule has 1 aromatic carbocycles. The minimum atomic E-state index is -0.395. The van der Waals surface area contributed by atoms with E-state index >= 15 is 0 Å². The molecular formula is C16H15N3O3. The number of hydrogen-bond acceptors (Lipinski definition) is 5. The van der Waals surface area contributed by atoms with Gasteiger partial charge >= 0.3 is 0 Å². The normalized spacial score (nSPS) is 18.7. The van der Waals surface area contributed by atoms with Crippen molar-refractivity contribution >= 4 is 0 Å². The average molecular weight is 297 g/mol. The van der Waals surface area contributed by atoms with Crippen LogP contribution in [0.5, 0.6) is 11.6 Å². The van der Waals surface area contributed by atoms with E-state index in [0.717, 1.165) is 5.56 Å². The van der Waals surface area contributed by atoms with Gasteiger partial charge in [0.25, 0.3) is 5.56 Å². The van der Waals surface area contributed by atoms with Gasteiger partial charge in [-0.2, -0.15) is 5.26 Å². The third kappa shape index (κ3) is 2.79. The number of nitriles is 1. The fraction of sp³-hybridized carbons (Fsp3) is 0.312. The van der Waals surface area contributed by atoms with Crippen molar-refractivity contribution in [2.75, 3.05) is 0 Å². The molecule has 1 aliphatic rings. The fourth-order valence-electron chi connectivity index (χ4n) is 2.51. The number of nitrogens with zero attached hydrogens (tertiary/aromatic N) is 2. The highest BCUT2D eigenvalue weighted by atomic mass is 16.5. The molecule has 1 unspecified atom stereocenters. The van der Waals surface area contributed by atoms with Crippen molar-refractivity contribution in [3.05, 3.63) is 51.8 Å². The van der Waals surface area contributed by atoms with Crippen LogP contribution < -0.4 is 15.0 Å². The second kappa shape index (κ2) is 5.19. The molecule has 1 atom stereocenters. The van der Waals surface area contributed by atoms with Crippen LogP contribution in [0.1, 0.15) is 37.5 Å². The number of fused-ring (bicyclic) bond motifs is 1. The van der Waals surface area contributed by atoms with Crippen molar-refractivity contribution in [3.8, 4) is 17.7 Å². The first-order valence-corrected chi connectivity index (χ1v) is 6.92. The molecule has 6 heteroatoms. The van der Waals surface area contributed by atoms with E-state index in [1.807, 2.05) is 13.8 Å². The van der Waals surface area contributed by atoms with Gasteiger partial charge in [0.1, 0.15) is 17.5 Å². The van der Waals surface area contributed by atoms with Gasteiger partial charge < -0.3 is 9.47 Å². The van der Waals surface area contributed by atoms with E-state index < -0.39 is 5.60 Å². The van der Waals surface area contributed by atoms with Crippen LogP contribution in [-0.2, 0) is 0 Å². The smallest absolute Gasteiger partial charge is 0.264 e. The van der Waals surface area contributed by atoms with Crippen LogP contribution in [0.2, 0.25) is 0 Å². The maximum Gasteiger partial charge on any atom is 0.264 e. The Kier molecular flexibility index (Phi) is 3.33. The van der Waals surface area contributed by atoms with E-state index in [-0.39, 0.29) is 11.7 Å². The summed E-state index contributed by atoms with van der Waals surface area (Å²) >= 11 is 0.